The molecular weight excluding hydrogens is 1880 g/mol. The average Bonchev–Trinajstić information content (AvgIpc) is 1.61. The van der Waals surface area contributed by atoms with Gasteiger partial charge in [0.1, 0.15) is 41.8 Å². The monoisotopic (exact) mass is 2030 g/mol. The first-order chi connectivity index (χ1) is 71.8. The number of likely N-dealkylation sites (tertiary alicyclic amines) is 1. The fraction of sp³-hybridized carbons (Fsp3) is 0.479. The number of nitrogens with one attached hydrogen (secondary N) is 8. The maximum Gasteiger partial charge on any atom is 0.255 e. The van der Waals surface area contributed by atoms with Crippen LogP contribution in [0.15, 0.2) is 171 Å². The van der Waals surface area contributed by atoms with Crippen molar-refractivity contribution in [1.29, 1.82) is 0 Å². The third kappa shape index (κ3) is 26.0. The molecule has 21 rings (SSSR count). The second-order valence-electron chi connectivity index (χ2n) is 42.9. The lowest BCUT2D eigenvalue weighted by Gasteiger charge is -2.32. The van der Waals surface area contributed by atoms with Crippen LogP contribution in [0, 0.1) is 17.8 Å². The highest BCUT2D eigenvalue weighted by atomic mass is 16.2. The first-order valence-electron chi connectivity index (χ1n) is 53.6. The highest BCUT2D eigenvalue weighted by molar-refractivity contribution is 6.06. The highest BCUT2D eigenvalue weighted by Crippen LogP contribution is 2.38. The topological polar surface area (TPSA) is 381 Å². The molecular formula is C117H143N17O15. The normalized spacial score (nSPS) is 22.0. The van der Waals surface area contributed by atoms with Crippen molar-refractivity contribution in [3.05, 3.63) is 271 Å². The minimum absolute atomic E-state index is 0.0801. The Morgan fingerprint density at radius 1 is 0.315 bits per heavy atom. The minimum Gasteiger partial charge on any atom is -0.340 e. The summed E-state index contributed by atoms with van der Waals surface area (Å²) in [6.45, 7) is 39.2. The summed E-state index contributed by atoms with van der Waals surface area (Å²) >= 11 is 0. The summed E-state index contributed by atoms with van der Waals surface area (Å²) in [6.07, 6.45) is 17.1. The summed E-state index contributed by atoms with van der Waals surface area (Å²) in [5.41, 5.74) is 20.2. The van der Waals surface area contributed by atoms with Gasteiger partial charge in [-0.05, 0) is 277 Å². The van der Waals surface area contributed by atoms with Crippen molar-refractivity contribution in [3.8, 4) is 0 Å². The van der Waals surface area contributed by atoms with Gasteiger partial charge in [-0.1, -0.05) is 120 Å². The van der Waals surface area contributed by atoms with Crippen molar-refractivity contribution in [2.24, 2.45) is 17.8 Å². The van der Waals surface area contributed by atoms with Crippen molar-refractivity contribution in [1.82, 2.24) is 86.6 Å². The van der Waals surface area contributed by atoms with Gasteiger partial charge in [0.05, 0.1) is 0 Å². The molecule has 0 aliphatic carbocycles. The number of rotatable bonds is 25. The zero-order valence-electron chi connectivity index (χ0n) is 86.5. The Morgan fingerprint density at radius 2 is 0.631 bits per heavy atom. The number of fused-ring (bicyclic) bond motifs is 6. The molecule has 8 N–H and O–H groups in total. The summed E-state index contributed by atoms with van der Waals surface area (Å²) in [7, 11) is 2.07. The second-order valence-corrected chi connectivity index (χ2v) is 42.9. The van der Waals surface area contributed by atoms with E-state index in [4.69, 9.17) is 0 Å². The van der Waals surface area contributed by atoms with Gasteiger partial charge in [-0.15, -0.1) is 0 Å². The molecule has 32 heteroatoms. The van der Waals surface area contributed by atoms with E-state index in [1.54, 1.807) is 24.5 Å². The highest BCUT2D eigenvalue weighted by Gasteiger charge is 2.45. The number of allylic oxidation sites excluding steroid dienone is 5. The Kier molecular flexibility index (Phi) is 34.7. The quantitative estimate of drug-likeness (QED) is 0.0247. The van der Waals surface area contributed by atoms with Crippen molar-refractivity contribution < 1.29 is 71.9 Å². The van der Waals surface area contributed by atoms with Gasteiger partial charge in [0.2, 0.25) is 41.4 Å². The molecule has 9 fully saturated rings. The molecule has 0 aromatic heterocycles. The van der Waals surface area contributed by atoms with Crippen molar-refractivity contribution in [2.75, 3.05) is 98.7 Å². The van der Waals surface area contributed by atoms with E-state index < -0.39 is 30.2 Å². The minimum atomic E-state index is -0.455. The Morgan fingerprint density at radius 3 is 0.966 bits per heavy atom. The Labute approximate surface area is 872 Å². The van der Waals surface area contributed by atoms with Crippen LogP contribution in [0.5, 0.6) is 0 Å². The number of aryl methyl sites for hydroxylation is 5. The summed E-state index contributed by atoms with van der Waals surface area (Å²) in [5.74, 6) is 1.05. The van der Waals surface area contributed by atoms with Gasteiger partial charge >= 0.3 is 0 Å². The van der Waals surface area contributed by atoms with Crippen LogP contribution in [-0.4, -0.2) is 261 Å². The number of nitrogens with zero attached hydrogens (tertiary/aromatic N) is 9. The van der Waals surface area contributed by atoms with E-state index in [0.717, 1.165) is 191 Å². The fourth-order valence-electron chi connectivity index (χ4n) is 23.2. The van der Waals surface area contributed by atoms with Gasteiger partial charge in [0.15, 0.2) is 5.78 Å². The van der Waals surface area contributed by atoms with Crippen LogP contribution < -0.4 is 42.5 Å². The number of piperazine rings is 2. The average molecular weight is 2030 g/mol. The smallest absolute Gasteiger partial charge is 0.255 e. The molecule has 15 heterocycles. The van der Waals surface area contributed by atoms with E-state index in [2.05, 4.69) is 112 Å². The summed E-state index contributed by atoms with van der Waals surface area (Å²) in [5, 5.41) is 23.7. The molecule has 0 saturated carbocycles. The van der Waals surface area contributed by atoms with Crippen molar-refractivity contribution in [3.63, 3.8) is 0 Å². The third-order valence-electron chi connectivity index (χ3n) is 31.9. The van der Waals surface area contributed by atoms with E-state index in [0.29, 0.717) is 235 Å². The molecule has 6 aromatic carbocycles. The number of likely N-dealkylation sites (N-methyl/N-ethyl adjacent to an activating group) is 1. The lowest BCUT2D eigenvalue weighted by Crippen LogP contribution is -2.49. The fourth-order valence-corrected chi connectivity index (χ4v) is 23.2. The SMILES string of the molecule is C=C1CCC(N2Cc3cc(CCC(=O)C4CCN(CC(C)C)CC4)ccc3C2=O)C(=O)N1.C=C1CCC(N2Cc3cc(CCC(=O)C4CCNCC4)ccc3C2=O)C(=O)N1.C=C1CCC(N2Cc3cc(CCC(=O)N4CCN(C)CC4)ccc3C2=O)C(=O)N1.C=C1CCC(N2Cc3cc(CCC(=O)N4CCNCC4)ccc3C2=O)C(=O)N1.C=C1CCC(N2Cc3cc(CCC(=O)c4ccc5c(c4)CNCC5)ccc3C2=O)C(=O)N1. The Balaban J connectivity index is 0.000000127. The van der Waals surface area contributed by atoms with Gasteiger partial charge in [-0.3, -0.25) is 71.9 Å². The van der Waals surface area contributed by atoms with Gasteiger partial charge < -0.3 is 86.6 Å². The summed E-state index contributed by atoms with van der Waals surface area (Å²) in [6, 6.07) is 32.9. The summed E-state index contributed by atoms with van der Waals surface area (Å²) < 4.78 is 0. The maximum atomic E-state index is 12.9. The second kappa shape index (κ2) is 48.4. The molecule has 32 nitrogen and oxygen atoms in total. The van der Waals surface area contributed by atoms with E-state index in [-0.39, 0.29) is 88.5 Å². The molecule has 9 saturated heterocycles. The van der Waals surface area contributed by atoms with E-state index in [9.17, 15) is 71.9 Å². The molecule has 786 valence electrons. The van der Waals surface area contributed by atoms with Crippen molar-refractivity contribution >= 4 is 88.2 Å². The van der Waals surface area contributed by atoms with Gasteiger partial charge in [0, 0.05) is 204 Å². The first kappa shape index (κ1) is 107. The molecule has 5 atom stereocenters. The van der Waals surface area contributed by atoms with Crippen LogP contribution in [0.1, 0.15) is 265 Å². The van der Waals surface area contributed by atoms with Crippen molar-refractivity contribution in [2.45, 2.75) is 244 Å². The predicted octanol–water partition coefficient (Wildman–Crippen LogP) is 10.1. The van der Waals surface area contributed by atoms with Gasteiger partial charge in [0.25, 0.3) is 29.5 Å². The van der Waals surface area contributed by atoms with Gasteiger partial charge in [-0.2, -0.15) is 0 Å². The predicted molar refractivity (Wildman–Crippen MR) is 564 cm³/mol. The van der Waals surface area contributed by atoms with Crippen LogP contribution in [0.25, 0.3) is 0 Å². The third-order valence-corrected chi connectivity index (χ3v) is 31.9. The Bertz CT molecular complexity index is 6150. The molecule has 5 unspecified atom stereocenters. The molecule has 6 aromatic rings. The van der Waals surface area contributed by atoms with E-state index >= 15 is 0 Å². The largest absolute Gasteiger partial charge is 0.340 e. The van der Waals surface area contributed by atoms with Crippen LogP contribution in [0.3, 0.4) is 0 Å². The van der Waals surface area contributed by atoms with Crippen LogP contribution in [0.4, 0.5) is 0 Å². The maximum absolute atomic E-state index is 12.9. The summed E-state index contributed by atoms with van der Waals surface area (Å²) in [4.78, 5) is 205. The lowest BCUT2D eigenvalue weighted by molar-refractivity contribution is -0.133. The molecule has 0 radical (unpaired) electrons. The first-order valence-corrected chi connectivity index (χ1v) is 53.6. The number of hydrogen-bond donors (Lipinski definition) is 8. The number of carbonyl (C=O) groups excluding carboxylic acids is 15. The van der Waals surface area contributed by atoms with Crippen LogP contribution >= 0.6 is 0 Å². The van der Waals surface area contributed by atoms with Crippen LogP contribution in [-0.2, 0) is 121 Å². The van der Waals surface area contributed by atoms with Gasteiger partial charge in [-0.25, -0.2) is 0 Å². The number of carbonyl (C=O) groups is 15. The molecule has 0 bridgehead atoms. The number of amides is 12. The molecule has 15 aliphatic heterocycles. The number of piperidine rings is 7. The Hall–Kier alpha value is -13.5. The molecule has 149 heavy (non-hydrogen) atoms. The zero-order valence-corrected chi connectivity index (χ0v) is 86.5. The zero-order chi connectivity index (χ0) is 105. The number of Topliss-reactive ketones (excluding diaryl/α,β-unsaturated/α-hetero) is 3. The molecule has 12 amide bonds. The number of benzene rings is 6. The molecule has 15 aliphatic rings. The standard InChI is InChI=1S/C26H27N3O3.C26H35N3O3.C22H28N4O3.C22H27N3O3.C21H26N4O3/c1-16-2-8-23(25(31)28-16)29-15-21-12-17(3-7-22(21)26(29)32)4-9-24(30)19-6-5-18-10-11-27-14-20(18)13-19;1-17(2)15-28-12-10-20(11-13-28)24(30)9-6-19-5-7-22-21(14-19)16-29(26(22)32)23-8-4-18(3)27-25(23)31;1-15-3-7-19(21(28)23-15)26-14-17-13-16(4-6-18(17)22(26)29)5-8-20(27)25-11-9-24(2)10-12-25;1-14-2-6-19(21(27)24-14)25-13-17-12-15(3-5-18(17)22(25)28)4-7-20(26)16-8-10-23-11-9-16;1-14-2-6-18(20(27)23-14)25-13-16-12-15(3-5-17(16)21(25)28)4-7-19(26)24-10-8-22-9-11-24/h3,5-7,12-13,23,27H,1-2,4,8-11,14-15H2,(H,28,31);5,7,14,17,20,23H,3-4,6,8-13,15-16H2,1-2H3,(H,27,31);4,6,13,19H,1,3,5,7-12,14H2,2H3,(H,23,28);3,5,12,16,19,23H,1-2,4,6-11,13H2,(H,24,27);3,5,12,18,22H,1-2,4,6-11,13H2,(H,23,27). The molecule has 0 spiro atoms. The van der Waals surface area contributed by atoms with Crippen LogP contribution in [0.2, 0.25) is 0 Å². The number of hydrogen-bond acceptors (Lipinski definition) is 20. The number of ketones is 3. The van der Waals surface area contributed by atoms with E-state index in [1.807, 2.05) is 113 Å². The lowest BCUT2D eigenvalue weighted by atomic mass is 9.89. The van der Waals surface area contributed by atoms with E-state index in [1.165, 1.54) is 11.1 Å².